The fourth-order valence-electron chi connectivity index (χ4n) is 3.59. The first-order valence-corrected chi connectivity index (χ1v) is 11.8. The topological polar surface area (TPSA) is 66.5 Å². The van der Waals surface area contributed by atoms with E-state index < -0.39 is 12.1 Å². The van der Waals surface area contributed by atoms with Crippen LogP contribution in [0.4, 0.5) is 0 Å². The Morgan fingerprint density at radius 3 is 1.19 bits per heavy atom. The lowest BCUT2D eigenvalue weighted by Crippen LogP contribution is -2.37. The van der Waals surface area contributed by atoms with Crippen molar-refractivity contribution in [1.29, 1.82) is 0 Å². The Labute approximate surface area is 164 Å². The van der Waals surface area contributed by atoms with Gasteiger partial charge in [0, 0.05) is 0 Å². The first-order valence-electron chi connectivity index (χ1n) is 11.8. The highest BCUT2D eigenvalue weighted by atomic mass is 16.3. The third kappa shape index (κ3) is 18.7. The van der Waals surface area contributed by atoms with E-state index in [0.717, 1.165) is 12.8 Å². The lowest BCUT2D eigenvalue weighted by atomic mass is 10.0. The Morgan fingerprint density at radius 1 is 0.577 bits per heavy atom. The van der Waals surface area contributed by atoms with Crippen molar-refractivity contribution >= 4 is 0 Å². The van der Waals surface area contributed by atoms with Gasteiger partial charge in [0.05, 0.1) is 18.8 Å². The van der Waals surface area contributed by atoms with Gasteiger partial charge in [0.25, 0.3) is 0 Å². The van der Waals surface area contributed by atoms with E-state index in [0.29, 0.717) is 0 Å². The van der Waals surface area contributed by atoms with Crippen LogP contribution in [0.2, 0.25) is 0 Å². The highest BCUT2D eigenvalue weighted by Gasteiger charge is 2.12. The van der Waals surface area contributed by atoms with Gasteiger partial charge in [-0.2, -0.15) is 0 Å². The predicted molar refractivity (Wildman–Crippen MR) is 114 cm³/mol. The largest absolute Gasteiger partial charge is 0.395 e. The molecule has 0 aliphatic heterocycles. The van der Waals surface area contributed by atoms with Crippen LogP contribution in [0.15, 0.2) is 0 Å². The molecule has 3 heteroatoms. The molecular weight excluding hydrogens is 322 g/mol. The standard InChI is InChI=1S/C23H49NO2/c1-2-3-4-5-6-7-8-9-10-11-12-13-14-15-16-17-18-19-20-23(26)22(24)21-25/h22-23,25-26H,2-21,24H2,1H3. The third-order valence-corrected chi connectivity index (χ3v) is 5.56. The molecule has 0 aliphatic rings. The van der Waals surface area contributed by atoms with E-state index in [1.54, 1.807) is 0 Å². The summed E-state index contributed by atoms with van der Waals surface area (Å²) in [6, 6.07) is -0.471. The molecule has 2 unspecified atom stereocenters. The summed E-state index contributed by atoms with van der Waals surface area (Å²) >= 11 is 0. The molecule has 0 heterocycles. The number of aliphatic hydroxyl groups excluding tert-OH is 2. The minimum Gasteiger partial charge on any atom is -0.395 e. The maximum absolute atomic E-state index is 9.67. The van der Waals surface area contributed by atoms with E-state index in [-0.39, 0.29) is 6.61 Å². The van der Waals surface area contributed by atoms with Crippen molar-refractivity contribution in [2.45, 2.75) is 141 Å². The highest BCUT2D eigenvalue weighted by Crippen LogP contribution is 2.15. The van der Waals surface area contributed by atoms with Crippen LogP contribution in [0.5, 0.6) is 0 Å². The number of hydrogen-bond acceptors (Lipinski definition) is 3. The maximum atomic E-state index is 9.67. The van der Waals surface area contributed by atoms with Crippen molar-refractivity contribution in [3.05, 3.63) is 0 Å². The second kappa shape index (κ2) is 21.2. The van der Waals surface area contributed by atoms with Gasteiger partial charge >= 0.3 is 0 Å². The van der Waals surface area contributed by atoms with Crippen LogP contribution in [0.1, 0.15) is 129 Å². The molecule has 0 fully saturated rings. The van der Waals surface area contributed by atoms with Gasteiger partial charge in [0.2, 0.25) is 0 Å². The van der Waals surface area contributed by atoms with Crippen LogP contribution in [0, 0.1) is 0 Å². The van der Waals surface area contributed by atoms with E-state index in [2.05, 4.69) is 6.92 Å². The maximum Gasteiger partial charge on any atom is 0.0713 e. The second-order valence-corrected chi connectivity index (χ2v) is 8.21. The third-order valence-electron chi connectivity index (χ3n) is 5.56. The summed E-state index contributed by atoms with van der Waals surface area (Å²) in [5.74, 6) is 0. The Morgan fingerprint density at radius 2 is 0.885 bits per heavy atom. The normalized spacial score (nSPS) is 13.8. The minimum absolute atomic E-state index is 0.125. The molecular formula is C23H49NO2. The molecule has 0 saturated carbocycles. The van der Waals surface area contributed by atoms with E-state index in [1.165, 1.54) is 109 Å². The first kappa shape index (κ1) is 25.9. The second-order valence-electron chi connectivity index (χ2n) is 8.21. The van der Waals surface area contributed by atoms with Crippen LogP contribution in [-0.4, -0.2) is 29.0 Å². The summed E-state index contributed by atoms with van der Waals surface area (Å²) in [6.07, 6.45) is 24.8. The highest BCUT2D eigenvalue weighted by molar-refractivity contribution is 4.70. The summed E-state index contributed by atoms with van der Waals surface area (Å²) in [5.41, 5.74) is 5.59. The number of rotatable bonds is 21. The van der Waals surface area contributed by atoms with Crippen LogP contribution in [0.3, 0.4) is 0 Å². The Kier molecular flexibility index (Phi) is 21.1. The summed E-state index contributed by atoms with van der Waals surface area (Å²) in [4.78, 5) is 0. The molecule has 0 aliphatic carbocycles. The van der Waals surface area contributed by atoms with Crippen molar-refractivity contribution in [2.75, 3.05) is 6.61 Å². The minimum atomic E-state index is -0.541. The fourth-order valence-corrected chi connectivity index (χ4v) is 3.59. The zero-order valence-corrected chi connectivity index (χ0v) is 17.8. The quantitative estimate of drug-likeness (QED) is 0.214. The van der Waals surface area contributed by atoms with Crippen LogP contribution >= 0.6 is 0 Å². The van der Waals surface area contributed by atoms with Gasteiger partial charge in [-0.25, -0.2) is 0 Å². The molecule has 0 bridgehead atoms. The molecule has 3 nitrogen and oxygen atoms in total. The number of aliphatic hydroxyl groups is 2. The molecule has 0 amide bonds. The van der Waals surface area contributed by atoms with Crippen LogP contribution in [0.25, 0.3) is 0 Å². The SMILES string of the molecule is CCCCCCCCCCCCCCCCCCCCC(O)C(N)CO. The number of unbranched alkanes of at least 4 members (excludes halogenated alkanes) is 17. The molecule has 0 aromatic rings. The Bertz CT molecular complexity index is 261. The van der Waals surface area contributed by atoms with E-state index in [1.807, 2.05) is 0 Å². The van der Waals surface area contributed by atoms with Crippen molar-refractivity contribution in [3.8, 4) is 0 Å². The predicted octanol–water partition coefficient (Wildman–Crippen LogP) is 6.10. The average molecular weight is 372 g/mol. The molecule has 0 saturated heterocycles. The number of nitrogens with two attached hydrogens (primary N) is 1. The molecule has 4 N–H and O–H groups in total. The van der Waals surface area contributed by atoms with Gasteiger partial charge in [0.15, 0.2) is 0 Å². The molecule has 158 valence electrons. The summed E-state index contributed by atoms with van der Waals surface area (Å²) in [5, 5.41) is 18.5. The van der Waals surface area contributed by atoms with Crippen molar-refractivity contribution in [3.63, 3.8) is 0 Å². The zero-order chi connectivity index (χ0) is 19.3. The van der Waals surface area contributed by atoms with Gasteiger partial charge in [-0.15, -0.1) is 0 Å². The van der Waals surface area contributed by atoms with Gasteiger partial charge < -0.3 is 15.9 Å². The summed E-state index contributed by atoms with van der Waals surface area (Å²) in [7, 11) is 0. The van der Waals surface area contributed by atoms with Gasteiger partial charge in [0.1, 0.15) is 0 Å². The lowest BCUT2D eigenvalue weighted by Gasteiger charge is -2.15. The molecule has 0 spiro atoms. The first-order chi connectivity index (χ1) is 12.7. The van der Waals surface area contributed by atoms with E-state index in [9.17, 15) is 5.11 Å². The molecule has 0 radical (unpaired) electrons. The fraction of sp³-hybridized carbons (Fsp3) is 1.00. The van der Waals surface area contributed by atoms with E-state index >= 15 is 0 Å². The summed E-state index contributed by atoms with van der Waals surface area (Å²) in [6.45, 7) is 2.16. The van der Waals surface area contributed by atoms with Gasteiger partial charge in [-0.1, -0.05) is 122 Å². The van der Waals surface area contributed by atoms with Crippen LogP contribution in [-0.2, 0) is 0 Å². The molecule has 26 heavy (non-hydrogen) atoms. The zero-order valence-electron chi connectivity index (χ0n) is 17.8. The molecule has 0 rings (SSSR count). The Hall–Kier alpha value is -0.120. The molecule has 0 aromatic heterocycles. The molecule has 2 atom stereocenters. The van der Waals surface area contributed by atoms with Crippen molar-refractivity contribution in [2.24, 2.45) is 5.73 Å². The van der Waals surface area contributed by atoms with Gasteiger partial charge in [-0.05, 0) is 6.42 Å². The number of hydrogen-bond donors (Lipinski definition) is 3. The Balaban J connectivity index is 3.07. The smallest absolute Gasteiger partial charge is 0.0713 e. The molecule has 0 aromatic carbocycles. The summed E-state index contributed by atoms with van der Waals surface area (Å²) < 4.78 is 0. The average Bonchev–Trinajstić information content (AvgIpc) is 2.66. The van der Waals surface area contributed by atoms with Crippen LogP contribution < -0.4 is 5.73 Å². The van der Waals surface area contributed by atoms with Crippen molar-refractivity contribution in [1.82, 2.24) is 0 Å². The van der Waals surface area contributed by atoms with Crippen molar-refractivity contribution < 1.29 is 10.2 Å². The lowest BCUT2D eigenvalue weighted by molar-refractivity contribution is 0.0990. The van der Waals surface area contributed by atoms with E-state index in [4.69, 9.17) is 10.8 Å². The monoisotopic (exact) mass is 371 g/mol. The van der Waals surface area contributed by atoms with Gasteiger partial charge in [-0.3, -0.25) is 0 Å².